The van der Waals surface area contributed by atoms with E-state index in [-0.39, 0.29) is 18.8 Å². The quantitative estimate of drug-likeness (QED) is 0.346. The predicted molar refractivity (Wildman–Crippen MR) is 103 cm³/mol. The first kappa shape index (κ1) is 26.8. The molecule has 6 unspecified atom stereocenters. The number of carbonyl (C=O) groups excluding carboxylic acids is 2. The third-order valence-corrected chi connectivity index (χ3v) is 7.43. The van der Waals surface area contributed by atoms with Gasteiger partial charge in [-0.2, -0.15) is 26.3 Å². The van der Waals surface area contributed by atoms with Gasteiger partial charge < -0.3 is 9.47 Å². The predicted octanol–water partition coefficient (Wildman–Crippen LogP) is 6.08. The molecule has 2 aliphatic rings. The van der Waals surface area contributed by atoms with Crippen LogP contribution in [0.5, 0.6) is 0 Å². The lowest BCUT2D eigenvalue weighted by Gasteiger charge is -2.45. The van der Waals surface area contributed by atoms with Crippen molar-refractivity contribution < 1.29 is 45.4 Å². The minimum atomic E-state index is -4.92. The second-order valence-corrected chi connectivity index (χ2v) is 10.4. The van der Waals surface area contributed by atoms with Crippen LogP contribution in [0.15, 0.2) is 0 Å². The average Bonchev–Trinajstić information content (AvgIpc) is 3.18. The molecule has 0 amide bonds. The number of esters is 2. The molecule has 0 aromatic heterocycles. The van der Waals surface area contributed by atoms with Gasteiger partial charge in [0.05, 0.1) is 7.11 Å². The van der Waals surface area contributed by atoms with Crippen LogP contribution in [0.4, 0.5) is 26.3 Å². The third kappa shape index (κ3) is 4.34. The molecule has 0 aromatic rings. The lowest BCUT2D eigenvalue weighted by molar-refractivity contribution is -0.261. The van der Waals surface area contributed by atoms with Crippen LogP contribution in [0.3, 0.4) is 0 Å². The molecule has 2 bridgehead atoms. The zero-order valence-corrected chi connectivity index (χ0v) is 19.2. The number of halogens is 6. The molecule has 2 saturated carbocycles. The van der Waals surface area contributed by atoms with Gasteiger partial charge in [0.15, 0.2) is 10.8 Å². The zero-order valence-electron chi connectivity index (χ0n) is 19.2. The van der Waals surface area contributed by atoms with Crippen molar-refractivity contribution in [3.8, 4) is 0 Å². The van der Waals surface area contributed by atoms with Gasteiger partial charge >= 0.3 is 24.3 Å². The molecule has 0 radical (unpaired) electrons. The van der Waals surface area contributed by atoms with Crippen LogP contribution < -0.4 is 0 Å². The van der Waals surface area contributed by atoms with Crippen LogP contribution in [-0.4, -0.2) is 37.0 Å². The molecule has 6 atom stereocenters. The van der Waals surface area contributed by atoms with E-state index in [1.54, 1.807) is 6.92 Å². The van der Waals surface area contributed by atoms with Gasteiger partial charge in [0.25, 0.3) is 0 Å². The minimum absolute atomic E-state index is 0.100. The highest BCUT2D eigenvalue weighted by Gasteiger charge is 2.74. The minimum Gasteiger partial charge on any atom is -0.468 e. The Morgan fingerprint density at radius 2 is 1.56 bits per heavy atom. The molecule has 186 valence electrons. The second-order valence-electron chi connectivity index (χ2n) is 10.4. The standard InChI is InChI=1S/C22H32F6O4/c1-7-13-12-10-15(14(13)8-9-19(5,16(29)31-6)21(23,24)25)20(11-12,22(26,27)28)17(30)32-18(2,3)4/h12-15H,7-11H2,1-6H3. The van der Waals surface area contributed by atoms with E-state index < -0.39 is 71.3 Å². The molecule has 2 rings (SSSR count). The van der Waals surface area contributed by atoms with E-state index in [0.29, 0.717) is 13.3 Å². The van der Waals surface area contributed by atoms with Gasteiger partial charge in [0.2, 0.25) is 0 Å². The number of methoxy groups -OCH3 is 1. The van der Waals surface area contributed by atoms with Crippen molar-refractivity contribution in [1.82, 2.24) is 0 Å². The number of hydrogen-bond acceptors (Lipinski definition) is 4. The summed E-state index contributed by atoms with van der Waals surface area (Å²) in [6.07, 6.45) is -10.6. The Kier molecular flexibility index (Phi) is 7.01. The molecule has 0 N–H and O–H groups in total. The van der Waals surface area contributed by atoms with Crippen molar-refractivity contribution >= 4 is 11.9 Å². The average molecular weight is 474 g/mol. The van der Waals surface area contributed by atoms with E-state index in [1.807, 2.05) is 0 Å². The van der Waals surface area contributed by atoms with Crippen molar-refractivity contribution in [3.05, 3.63) is 0 Å². The molecular formula is C22H32F6O4. The maximum atomic E-state index is 14.4. The van der Waals surface area contributed by atoms with Gasteiger partial charge in [-0.25, -0.2) is 0 Å². The van der Waals surface area contributed by atoms with Crippen molar-refractivity contribution in [3.63, 3.8) is 0 Å². The SMILES string of the molecule is CCC1C2CC(C1CCC(C)(C(=O)OC)C(F)(F)F)C(C(=O)OC(C)(C)C)(C(F)(F)F)C2. The molecule has 0 aromatic carbocycles. The Morgan fingerprint density at radius 1 is 1.00 bits per heavy atom. The largest absolute Gasteiger partial charge is 0.468 e. The van der Waals surface area contributed by atoms with Gasteiger partial charge in [-0.05, 0) is 77.0 Å². The Balaban J connectivity index is 2.43. The molecule has 32 heavy (non-hydrogen) atoms. The summed E-state index contributed by atoms with van der Waals surface area (Å²) in [5.41, 5.74) is -6.73. The molecule has 4 nitrogen and oxygen atoms in total. The first-order chi connectivity index (χ1) is 14.4. The summed E-state index contributed by atoms with van der Waals surface area (Å²) in [5.74, 6) is -5.53. The van der Waals surface area contributed by atoms with Crippen LogP contribution >= 0.6 is 0 Å². The summed E-state index contributed by atoms with van der Waals surface area (Å²) >= 11 is 0. The van der Waals surface area contributed by atoms with Gasteiger partial charge in [-0.15, -0.1) is 0 Å². The number of carbonyl (C=O) groups is 2. The highest BCUT2D eigenvalue weighted by Crippen LogP contribution is 2.68. The van der Waals surface area contributed by atoms with Crippen LogP contribution in [0.1, 0.15) is 66.7 Å². The highest BCUT2D eigenvalue weighted by molar-refractivity contribution is 5.80. The number of fused-ring (bicyclic) bond motifs is 2. The summed E-state index contributed by atoms with van der Waals surface area (Å²) < 4.78 is 93.7. The summed E-state index contributed by atoms with van der Waals surface area (Å²) in [6, 6.07) is 0. The van der Waals surface area contributed by atoms with Gasteiger partial charge in [-0.1, -0.05) is 13.3 Å². The number of hydrogen-bond donors (Lipinski definition) is 0. The highest BCUT2D eigenvalue weighted by atomic mass is 19.4. The number of alkyl halides is 6. The fourth-order valence-electron chi connectivity index (χ4n) is 5.83. The lowest BCUT2D eigenvalue weighted by Crippen LogP contribution is -2.55. The molecule has 0 aliphatic heterocycles. The van der Waals surface area contributed by atoms with E-state index in [1.165, 1.54) is 20.8 Å². The Morgan fingerprint density at radius 3 is 1.97 bits per heavy atom. The summed E-state index contributed by atoms with van der Waals surface area (Å²) in [4.78, 5) is 24.8. The van der Waals surface area contributed by atoms with E-state index in [9.17, 15) is 35.9 Å². The van der Waals surface area contributed by atoms with Crippen LogP contribution in [0.2, 0.25) is 0 Å². The Hall–Kier alpha value is -1.48. The summed E-state index contributed by atoms with van der Waals surface area (Å²) in [6.45, 7) is 6.90. The number of rotatable bonds is 6. The molecule has 10 heteroatoms. The molecule has 0 heterocycles. The fraction of sp³-hybridized carbons (Fsp3) is 0.909. The number of ether oxygens (including phenoxy) is 2. The van der Waals surface area contributed by atoms with E-state index in [4.69, 9.17) is 4.74 Å². The summed E-state index contributed by atoms with van der Waals surface area (Å²) in [5, 5.41) is 0. The molecule has 0 saturated heterocycles. The maximum absolute atomic E-state index is 14.4. The zero-order chi connectivity index (χ0) is 24.9. The van der Waals surface area contributed by atoms with Crippen LogP contribution in [0, 0.1) is 34.5 Å². The Bertz CT molecular complexity index is 725. The normalized spacial score (nSPS) is 32.5. The molecule has 0 spiro atoms. The third-order valence-electron chi connectivity index (χ3n) is 7.43. The smallest absolute Gasteiger partial charge is 0.405 e. The van der Waals surface area contributed by atoms with Gasteiger partial charge in [0.1, 0.15) is 5.60 Å². The molecule has 2 aliphatic carbocycles. The fourth-order valence-corrected chi connectivity index (χ4v) is 5.83. The van der Waals surface area contributed by atoms with Gasteiger partial charge in [-0.3, -0.25) is 9.59 Å². The van der Waals surface area contributed by atoms with Crippen molar-refractivity contribution in [1.29, 1.82) is 0 Å². The maximum Gasteiger partial charge on any atom is 0.405 e. The van der Waals surface area contributed by atoms with E-state index in [0.717, 1.165) is 7.11 Å². The first-order valence-corrected chi connectivity index (χ1v) is 10.8. The second kappa shape index (κ2) is 8.38. The van der Waals surface area contributed by atoms with Crippen molar-refractivity contribution in [2.24, 2.45) is 34.5 Å². The Labute approximate surface area is 184 Å². The van der Waals surface area contributed by atoms with Gasteiger partial charge in [0, 0.05) is 0 Å². The van der Waals surface area contributed by atoms with Crippen LogP contribution in [-0.2, 0) is 19.1 Å². The first-order valence-electron chi connectivity index (χ1n) is 10.8. The topological polar surface area (TPSA) is 52.6 Å². The van der Waals surface area contributed by atoms with Crippen molar-refractivity contribution in [2.45, 2.75) is 84.7 Å². The molecule has 2 fully saturated rings. The van der Waals surface area contributed by atoms with E-state index in [2.05, 4.69) is 4.74 Å². The summed E-state index contributed by atoms with van der Waals surface area (Å²) in [7, 11) is 0.843. The van der Waals surface area contributed by atoms with E-state index >= 15 is 0 Å². The van der Waals surface area contributed by atoms with Crippen LogP contribution in [0.25, 0.3) is 0 Å². The monoisotopic (exact) mass is 474 g/mol. The molecular weight excluding hydrogens is 442 g/mol. The lowest BCUT2D eigenvalue weighted by atomic mass is 9.61. The van der Waals surface area contributed by atoms with Crippen molar-refractivity contribution in [2.75, 3.05) is 7.11 Å².